The first-order chi connectivity index (χ1) is 22.3. The van der Waals surface area contributed by atoms with Crippen molar-refractivity contribution in [2.24, 2.45) is 28.6 Å². The molecule has 0 aromatic rings. The molecule has 0 spiro atoms. The van der Waals surface area contributed by atoms with Crippen LogP contribution in [0.3, 0.4) is 0 Å². The number of hydrogen-bond donors (Lipinski definition) is 4. The number of amides is 5. The predicted molar refractivity (Wildman–Crippen MR) is 182 cm³/mol. The zero-order valence-corrected chi connectivity index (χ0v) is 30.4. The number of nitrogens with one attached hydrogen (secondary N) is 4. The third-order valence-electron chi connectivity index (χ3n) is 8.94. The number of carbonyl (C=O) groups is 6. The van der Waals surface area contributed by atoms with Crippen molar-refractivity contribution in [1.82, 2.24) is 26.2 Å². The molecule has 48 heavy (non-hydrogen) atoms. The normalized spacial score (nSPS) is 19.8. The molecule has 5 unspecified atom stereocenters. The van der Waals surface area contributed by atoms with Crippen molar-refractivity contribution in [3.05, 3.63) is 12.7 Å². The first-order valence-electron chi connectivity index (χ1n) is 17.2. The van der Waals surface area contributed by atoms with Crippen molar-refractivity contribution in [3.8, 4) is 0 Å². The molecule has 0 aromatic heterocycles. The summed E-state index contributed by atoms with van der Waals surface area (Å²) in [6.07, 6.45) is 3.89. The highest BCUT2D eigenvalue weighted by Crippen LogP contribution is 2.32. The monoisotopic (exact) mass is 677 g/mol. The summed E-state index contributed by atoms with van der Waals surface area (Å²) in [6.45, 7) is 21.1. The lowest BCUT2D eigenvalue weighted by Crippen LogP contribution is -2.61. The summed E-state index contributed by atoms with van der Waals surface area (Å²) < 4.78 is 10.5. The second kappa shape index (κ2) is 17.7. The summed E-state index contributed by atoms with van der Waals surface area (Å²) in [5.74, 6) is -1.99. The minimum absolute atomic E-state index is 0.00236. The van der Waals surface area contributed by atoms with E-state index in [2.05, 4.69) is 27.8 Å². The van der Waals surface area contributed by atoms with E-state index in [4.69, 9.17) is 9.47 Å². The van der Waals surface area contributed by atoms with E-state index in [9.17, 15) is 28.8 Å². The lowest BCUT2D eigenvalue weighted by Gasteiger charge is -2.37. The fourth-order valence-electron chi connectivity index (χ4n) is 5.40. The van der Waals surface area contributed by atoms with Gasteiger partial charge >= 0.3 is 12.2 Å². The van der Waals surface area contributed by atoms with Gasteiger partial charge in [0.25, 0.3) is 5.91 Å². The van der Waals surface area contributed by atoms with Crippen LogP contribution in [0.15, 0.2) is 12.7 Å². The fraction of sp³-hybridized carbons (Fsp3) is 0.771. The van der Waals surface area contributed by atoms with Gasteiger partial charge in [-0.15, -0.1) is 6.58 Å². The summed E-state index contributed by atoms with van der Waals surface area (Å²) in [5, 5.41) is 10.9. The minimum Gasteiger partial charge on any atom is -0.434 e. The topological polar surface area (TPSA) is 172 Å². The van der Waals surface area contributed by atoms with E-state index in [0.717, 1.165) is 12.8 Å². The molecule has 1 heterocycles. The zero-order valence-electron chi connectivity index (χ0n) is 30.4. The van der Waals surface area contributed by atoms with E-state index < -0.39 is 70.7 Å². The highest BCUT2D eigenvalue weighted by molar-refractivity contribution is 6.38. The van der Waals surface area contributed by atoms with Crippen molar-refractivity contribution in [3.63, 3.8) is 0 Å². The molecular weight excluding hydrogens is 618 g/mol. The molecule has 1 aliphatic heterocycles. The van der Waals surface area contributed by atoms with E-state index >= 15 is 0 Å². The summed E-state index contributed by atoms with van der Waals surface area (Å²) in [5.41, 5.74) is -1.26. The van der Waals surface area contributed by atoms with Gasteiger partial charge in [0.1, 0.15) is 18.7 Å². The summed E-state index contributed by atoms with van der Waals surface area (Å²) in [4.78, 5) is 80.4. The van der Waals surface area contributed by atoms with Crippen LogP contribution in [0.4, 0.5) is 9.59 Å². The number of nitrogens with zero attached hydrogens (tertiary/aromatic N) is 1. The maximum atomic E-state index is 14.3. The van der Waals surface area contributed by atoms with E-state index in [-0.39, 0.29) is 38.0 Å². The smallest absolute Gasteiger partial charge is 0.434 e. The Kier molecular flexibility index (Phi) is 14.9. The Bertz CT molecular complexity index is 1170. The quantitative estimate of drug-likeness (QED) is 0.109. The second-order valence-electron chi connectivity index (χ2n) is 15.6. The molecule has 13 nitrogen and oxygen atoms in total. The average Bonchev–Trinajstić information content (AvgIpc) is 3.71. The largest absolute Gasteiger partial charge is 0.508 e. The van der Waals surface area contributed by atoms with Crippen molar-refractivity contribution >= 4 is 35.7 Å². The van der Waals surface area contributed by atoms with Crippen LogP contribution in [0.25, 0.3) is 0 Å². The van der Waals surface area contributed by atoms with Crippen LogP contribution in [0.1, 0.15) is 94.4 Å². The van der Waals surface area contributed by atoms with E-state index in [1.165, 1.54) is 11.0 Å². The Balaban J connectivity index is 2.22. The second-order valence-corrected chi connectivity index (χ2v) is 15.6. The van der Waals surface area contributed by atoms with Crippen molar-refractivity contribution in [1.29, 1.82) is 0 Å². The number of hydrogen-bond acceptors (Lipinski definition) is 8. The summed E-state index contributed by atoms with van der Waals surface area (Å²) in [6, 6.07) is -4.21. The molecule has 2 aliphatic rings. The molecule has 1 aliphatic carbocycles. The van der Waals surface area contributed by atoms with Gasteiger partial charge in [0.15, 0.2) is 0 Å². The van der Waals surface area contributed by atoms with Crippen molar-refractivity contribution in [2.45, 2.75) is 119 Å². The zero-order chi connectivity index (χ0) is 36.4. The third kappa shape index (κ3) is 12.4. The molecule has 2 rings (SSSR count). The van der Waals surface area contributed by atoms with Crippen LogP contribution in [-0.4, -0.2) is 91.1 Å². The lowest BCUT2D eigenvalue weighted by molar-refractivity contribution is -0.143. The molecule has 5 amide bonds. The SMILES string of the molecule is C=CCNC(=O)C(=O)C(CCC)NC(=O)C1CC(C(C)C)CN1C(=O)C(NC(=O)NC(COC(=O)OCC1CC1)C(C)(C)C)C(C)(C)C. The third-order valence-corrected chi connectivity index (χ3v) is 8.94. The van der Waals surface area contributed by atoms with Gasteiger partial charge in [-0.2, -0.15) is 0 Å². The number of ketones is 1. The van der Waals surface area contributed by atoms with Crippen molar-refractivity contribution in [2.75, 3.05) is 26.3 Å². The molecule has 0 bridgehead atoms. The number of rotatable bonds is 16. The Labute approximate surface area is 286 Å². The number of likely N-dealkylation sites (tertiary alicyclic amines) is 1. The van der Waals surface area contributed by atoms with Gasteiger partial charge in [-0.1, -0.05) is 74.8 Å². The molecule has 1 saturated heterocycles. The number of carbonyl (C=O) groups excluding carboxylic acids is 6. The van der Waals surface area contributed by atoms with Gasteiger partial charge in [-0.25, -0.2) is 9.59 Å². The molecule has 0 aromatic carbocycles. The molecule has 4 N–H and O–H groups in total. The number of ether oxygens (including phenoxy) is 2. The van der Waals surface area contributed by atoms with E-state index in [1.807, 2.05) is 62.3 Å². The summed E-state index contributed by atoms with van der Waals surface area (Å²) in [7, 11) is 0. The lowest BCUT2D eigenvalue weighted by atomic mass is 9.85. The van der Waals surface area contributed by atoms with Crippen LogP contribution < -0.4 is 21.3 Å². The fourth-order valence-corrected chi connectivity index (χ4v) is 5.40. The first-order valence-corrected chi connectivity index (χ1v) is 17.2. The minimum atomic E-state index is -1.05. The van der Waals surface area contributed by atoms with Gasteiger partial charge in [0.2, 0.25) is 17.6 Å². The Morgan fingerprint density at radius 1 is 0.938 bits per heavy atom. The first kappa shape index (κ1) is 40.5. The van der Waals surface area contributed by atoms with E-state index in [1.54, 1.807) is 0 Å². The standard InChI is InChI=1S/C35H59N5O8/c1-11-13-24(27(41)30(43)36-16-12-2)37-29(42)25-17-23(21(3)4)18-40(25)31(44)28(35(8,9)10)39-32(45)38-26(34(5,6)7)20-48-33(46)47-19-22-14-15-22/h12,21-26,28H,2,11,13-20H2,1,3-10H3,(H,36,43)(H,37,42)(H2,38,39,45). The van der Waals surface area contributed by atoms with Crippen LogP contribution >= 0.6 is 0 Å². The molecule has 2 fully saturated rings. The molecule has 0 radical (unpaired) electrons. The Morgan fingerprint density at radius 2 is 1.58 bits per heavy atom. The van der Waals surface area contributed by atoms with Crippen LogP contribution in [0.5, 0.6) is 0 Å². The van der Waals surface area contributed by atoms with E-state index in [0.29, 0.717) is 25.4 Å². The maximum absolute atomic E-state index is 14.3. The van der Waals surface area contributed by atoms with Gasteiger partial charge in [0, 0.05) is 13.1 Å². The van der Waals surface area contributed by atoms with Crippen LogP contribution in [-0.2, 0) is 28.7 Å². The highest BCUT2D eigenvalue weighted by atomic mass is 16.7. The number of urea groups is 1. The van der Waals surface area contributed by atoms with Gasteiger partial charge < -0.3 is 35.6 Å². The number of Topliss-reactive ketones (excluding diaryl/α,β-unsaturated/α-hetero) is 1. The van der Waals surface area contributed by atoms with Gasteiger partial charge in [0.05, 0.1) is 18.7 Å². The molecule has 1 saturated carbocycles. The molecule has 13 heteroatoms. The van der Waals surface area contributed by atoms with Crippen LogP contribution in [0, 0.1) is 28.6 Å². The average molecular weight is 678 g/mol. The molecular formula is C35H59N5O8. The molecule has 272 valence electrons. The van der Waals surface area contributed by atoms with Crippen LogP contribution in [0.2, 0.25) is 0 Å². The Hall–Kier alpha value is -3.64. The van der Waals surface area contributed by atoms with Gasteiger partial charge in [-0.05, 0) is 54.3 Å². The summed E-state index contributed by atoms with van der Waals surface area (Å²) >= 11 is 0. The van der Waals surface area contributed by atoms with Crippen molar-refractivity contribution < 1.29 is 38.2 Å². The maximum Gasteiger partial charge on any atom is 0.508 e. The highest BCUT2D eigenvalue weighted by Gasteiger charge is 2.46. The van der Waals surface area contributed by atoms with Gasteiger partial charge in [-0.3, -0.25) is 19.2 Å². The Morgan fingerprint density at radius 3 is 2.10 bits per heavy atom. The molecule has 5 atom stereocenters. The predicted octanol–water partition coefficient (Wildman–Crippen LogP) is 3.71.